The maximum Gasteiger partial charge on any atom is 0.00980 e. The van der Waals surface area contributed by atoms with E-state index in [1.165, 1.54) is 45.1 Å². The largest absolute Gasteiger partial charge is 0.312 e. The molecule has 20 heavy (non-hydrogen) atoms. The van der Waals surface area contributed by atoms with Crippen molar-refractivity contribution < 1.29 is 0 Å². The fraction of sp³-hybridized carbons (Fsp3) is 1.00. The molecule has 1 rings (SSSR count). The molecule has 0 aromatic rings. The number of hydrogen-bond donors (Lipinski definition) is 1. The lowest BCUT2D eigenvalue weighted by Gasteiger charge is -2.36. The first-order chi connectivity index (χ1) is 9.29. The average molecular weight is 283 g/mol. The van der Waals surface area contributed by atoms with Gasteiger partial charge in [0, 0.05) is 17.6 Å². The Balaban J connectivity index is 2.43. The summed E-state index contributed by atoms with van der Waals surface area (Å²) in [6, 6.07) is 1.57. The van der Waals surface area contributed by atoms with E-state index in [1.807, 2.05) is 0 Å². The van der Waals surface area contributed by atoms with Crippen molar-refractivity contribution in [2.75, 3.05) is 13.1 Å². The van der Waals surface area contributed by atoms with Crippen molar-refractivity contribution in [3.63, 3.8) is 0 Å². The average Bonchev–Trinajstić information content (AvgIpc) is 2.80. The molecule has 2 heteroatoms. The Morgan fingerprint density at radius 3 is 2.15 bits per heavy atom. The minimum absolute atomic E-state index is 0.246. The molecule has 0 saturated heterocycles. The van der Waals surface area contributed by atoms with Crippen molar-refractivity contribution in [1.29, 1.82) is 0 Å². The summed E-state index contributed by atoms with van der Waals surface area (Å²) in [4.78, 5) is 2.82. The highest BCUT2D eigenvalue weighted by atomic mass is 15.2. The Kier molecular flexibility index (Phi) is 7.53. The topological polar surface area (TPSA) is 15.3 Å². The van der Waals surface area contributed by atoms with Crippen LogP contribution in [0.3, 0.4) is 0 Å². The van der Waals surface area contributed by atoms with Crippen molar-refractivity contribution in [3.05, 3.63) is 0 Å². The lowest BCUT2D eigenvalue weighted by Crippen LogP contribution is -2.44. The second-order valence-corrected chi connectivity index (χ2v) is 8.17. The van der Waals surface area contributed by atoms with Gasteiger partial charge >= 0.3 is 0 Å². The minimum Gasteiger partial charge on any atom is -0.312 e. The minimum atomic E-state index is 0.246. The van der Waals surface area contributed by atoms with Crippen LogP contribution in [0, 0.1) is 5.92 Å². The molecule has 1 saturated carbocycles. The second kappa shape index (κ2) is 8.38. The van der Waals surface area contributed by atoms with E-state index in [1.54, 1.807) is 0 Å². The third-order valence-electron chi connectivity index (χ3n) is 4.54. The summed E-state index contributed by atoms with van der Waals surface area (Å²) >= 11 is 0. The smallest absolute Gasteiger partial charge is 0.00980 e. The first kappa shape index (κ1) is 18.0. The first-order valence-electron chi connectivity index (χ1n) is 8.80. The van der Waals surface area contributed by atoms with E-state index in [2.05, 4.69) is 51.8 Å². The molecule has 0 radical (unpaired) electrons. The molecule has 0 spiro atoms. The Morgan fingerprint density at radius 2 is 1.65 bits per heavy atom. The van der Waals surface area contributed by atoms with Crippen LogP contribution in [0.15, 0.2) is 0 Å². The highest BCUT2D eigenvalue weighted by molar-refractivity contribution is 4.82. The van der Waals surface area contributed by atoms with Crippen LogP contribution >= 0.6 is 0 Å². The van der Waals surface area contributed by atoms with Crippen molar-refractivity contribution in [1.82, 2.24) is 10.2 Å². The molecule has 0 heterocycles. The molecule has 0 bridgehead atoms. The van der Waals surface area contributed by atoms with Crippen molar-refractivity contribution >= 4 is 0 Å². The molecule has 1 fully saturated rings. The lowest BCUT2D eigenvalue weighted by molar-refractivity contribution is 0.129. The summed E-state index contributed by atoms with van der Waals surface area (Å²) < 4.78 is 0. The molecular weight excluding hydrogens is 244 g/mol. The van der Waals surface area contributed by atoms with Gasteiger partial charge in [-0.1, -0.05) is 26.7 Å². The predicted molar refractivity (Wildman–Crippen MR) is 90.3 cm³/mol. The maximum absolute atomic E-state index is 3.64. The molecule has 0 aromatic heterocycles. The summed E-state index contributed by atoms with van der Waals surface area (Å²) in [6.45, 7) is 16.3. The number of nitrogens with one attached hydrogen (secondary N) is 1. The maximum atomic E-state index is 3.64. The molecule has 1 aliphatic rings. The van der Waals surface area contributed by atoms with Crippen LogP contribution in [-0.4, -0.2) is 35.6 Å². The summed E-state index contributed by atoms with van der Waals surface area (Å²) in [7, 11) is 0. The van der Waals surface area contributed by atoms with Gasteiger partial charge in [0.1, 0.15) is 0 Å². The molecular formula is C18H38N2. The van der Waals surface area contributed by atoms with Gasteiger partial charge in [-0.3, -0.25) is 4.90 Å². The van der Waals surface area contributed by atoms with Crippen molar-refractivity contribution in [3.8, 4) is 0 Å². The molecule has 1 atom stereocenters. The summed E-state index contributed by atoms with van der Waals surface area (Å²) in [5.41, 5.74) is 0.246. The van der Waals surface area contributed by atoms with Gasteiger partial charge < -0.3 is 5.32 Å². The highest BCUT2D eigenvalue weighted by Gasteiger charge is 2.26. The van der Waals surface area contributed by atoms with Gasteiger partial charge in [0.25, 0.3) is 0 Å². The van der Waals surface area contributed by atoms with E-state index in [-0.39, 0.29) is 5.54 Å². The van der Waals surface area contributed by atoms with Crippen LogP contribution in [0.1, 0.15) is 80.1 Å². The standard InChI is InChI=1S/C18H38N2/c1-15(2)12-14-20(17-9-7-8-10-17)16(3)11-13-19-18(4,5)6/h15-17,19H,7-14H2,1-6H3. The Bertz CT molecular complexity index is 249. The molecule has 1 N–H and O–H groups in total. The Morgan fingerprint density at radius 1 is 1.05 bits per heavy atom. The molecule has 1 unspecified atom stereocenters. The monoisotopic (exact) mass is 282 g/mol. The number of nitrogens with zero attached hydrogens (tertiary/aromatic N) is 1. The van der Waals surface area contributed by atoms with Crippen LogP contribution in [-0.2, 0) is 0 Å². The fourth-order valence-corrected chi connectivity index (χ4v) is 3.23. The molecule has 1 aliphatic carbocycles. The lowest BCUT2D eigenvalue weighted by atomic mass is 10.0. The van der Waals surface area contributed by atoms with Crippen LogP contribution in [0.2, 0.25) is 0 Å². The third kappa shape index (κ3) is 7.08. The quantitative estimate of drug-likeness (QED) is 0.708. The van der Waals surface area contributed by atoms with Gasteiger partial charge in [0.15, 0.2) is 0 Å². The molecule has 120 valence electrons. The van der Waals surface area contributed by atoms with Crippen LogP contribution in [0.5, 0.6) is 0 Å². The molecule has 2 nitrogen and oxygen atoms in total. The highest BCUT2D eigenvalue weighted by Crippen LogP contribution is 2.26. The van der Waals surface area contributed by atoms with Crippen LogP contribution < -0.4 is 5.32 Å². The Hall–Kier alpha value is -0.0800. The summed E-state index contributed by atoms with van der Waals surface area (Å²) in [5.74, 6) is 0.818. The van der Waals surface area contributed by atoms with Gasteiger partial charge in [-0.25, -0.2) is 0 Å². The summed E-state index contributed by atoms with van der Waals surface area (Å²) in [6.07, 6.45) is 8.34. The van der Waals surface area contributed by atoms with Gasteiger partial charge in [-0.2, -0.15) is 0 Å². The van der Waals surface area contributed by atoms with E-state index >= 15 is 0 Å². The molecule has 0 amide bonds. The van der Waals surface area contributed by atoms with Gasteiger partial charge in [-0.05, 0) is 72.4 Å². The van der Waals surface area contributed by atoms with E-state index in [4.69, 9.17) is 0 Å². The zero-order chi connectivity index (χ0) is 15.2. The van der Waals surface area contributed by atoms with Gasteiger partial charge in [0.05, 0.1) is 0 Å². The van der Waals surface area contributed by atoms with E-state index in [0.717, 1.165) is 18.5 Å². The van der Waals surface area contributed by atoms with Crippen molar-refractivity contribution in [2.45, 2.75) is 97.7 Å². The van der Waals surface area contributed by atoms with Crippen molar-refractivity contribution in [2.24, 2.45) is 5.92 Å². The molecule has 0 aromatic carbocycles. The molecule has 0 aliphatic heterocycles. The predicted octanol–water partition coefficient (Wildman–Crippen LogP) is 4.44. The van der Waals surface area contributed by atoms with E-state index in [0.29, 0.717) is 6.04 Å². The van der Waals surface area contributed by atoms with E-state index < -0.39 is 0 Å². The van der Waals surface area contributed by atoms with Gasteiger partial charge in [-0.15, -0.1) is 0 Å². The normalized spacial score (nSPS) is 19.2. The Labute approximate surface area is 127 Å². The fourth-order valence-electron chi connectivity index (χ4n) is 3.23. The SMILES string of the molecule is CC(C)CCN(C(C)CCNC(C)(C)C)C1CCCC1. The van der Waals surface area contributed by atoms with Crippen LogP contribution in [0.4, 0.5) is 0 Å². The van der Waals surface area contributed by atoms with E-state index in [9.17, 15) is 0 Å². The zero-order valence-electron chi connectivity index (χ0n) is 14.8. The second-order valence-electron chi connectivity index (χ2n) is 8.17. The van der Waals surface area contributed by atoms with Crippen LogP contribution in [0.25, 0.3) is 0 Å². The summed E-state index contributed by atoms with van der Waals surface area (Å²) in [5, 5.41) is 3.64. The van der Waals surface area contributed by atoms with Gasteiger partial charge in [0.2, 0.25) is 0 Å². The number of hydrogen-bond acceptors (Lipinski definition) is 2. The first-order valence-corrected chi connectivity index (χ1v) is 8.80. The third-order valence-corrected chi connectivity index (χ3v) is 4.54. The zero-order valence-corrected chi connectivity index (χ0v) is 14.8. The number of rotatable bonds is 8.